The van der Waals surface area contributed by atoms with Crippen molar-refractivity contribution < 1.29 is 13.2 Å². The predicted octanol–water partition coefficient (Wildman–Crippen LogP) is 3.38. The number of nitrogens with zero attached hydrogens (tertiary/aromatic N) is 1. The summed E-state index contributed by atoms with van der Waals surface area (Å²) in [4.78, 5) is 12.6. The average molecular weight is 381 g/mol. The fourth-order valence-corrected chi connectivity index (χ4v) is 4.95. The molecular weight excluding hydrogens is 348 g/mol. The lowest BCUT2D eigenvalue weighted by Crippen LogP contribution is -2.47. The van der Waals surface area contributed by atoms with Crippen LogP contribution in [0.25, 0.3) is 0 Å². The lowest BCUT2D eigenvalue weighted by Gasteiger charge is -2.32. The van der Waals surface area contributed by atoms with Gasteiger partial charge in [-0.15, -0.1) is 0 Å². The summed E-state index contributed by atoms with van der Waals surface area (Å²) in [6.07, 6.45) is 6.07. The lowest BCUT2D eigenvalue weighted by molar-refractivity contribution is -0.122. The van der Waals surface area contributed by atoms with E-state index in [9.17, 15) is 13.2 Å². The third-order valence-corrected chi connectivity index (χ3v) is 6.71. The van der Waals surface area contributed by atoms with Crippen LogP contribution in [0.2, 0.25) is 0 Å². The number of hydrogen-bond donors (Lipinski definition) is 1. The summed E-state index contributed by atoms with van der Waals surface area (Å²) in [5, 5.41) is 2.98. The maximum atomic E-state index is 12.6. The van der Waals surface area contributed by atoms with E-state index in [2.05, 4.69) is 31.3 Å². The Morgan fingerprint density at radius 3 is 2.27 bits per heavy atom. The molecule has 0 aromatic heterocycles. The third kappa shape index (κ3) is 5.30. The zero-order valence-electron chi connectivity index (χ0n) is 16.6. The molecule has 0 heterocycles. The van der Waals surface area contributed by atoms with Crippen molar-refractivity contribution in [2.45, 2.75) is 71.9 Å². The van der Waals surface area contributed by atoms with E-state index in [4.69, 9.17) is 0 Å². The molecule has 1 aromatic rings. The molecule has 0 aliphatic heterocycles. The van der Waals surface area contributed by atoms with Crippen molar-refractivity contribution in [2.24, 2.45) is 0 Å². The van der Waals surface area contributed by atoms with Gasteiger partial charge in [-0.3, -0.25) is 4.79 Å². The number of amides is 1. The molecule has 2 rings (SSSR count). The quantitative estimate of drug-likeness (QED) is 0.823. The standard InChI is InChI=1S/C20H32N2O3S/c1-14-11-16(3)19(12-15(14)2)17(4)21-20(23)13-22(26(5,24)25)18-9-7-6-8-10-18/h11-12,17-18H,6-10,13H2,1-5H3,(H,21,23)/t17-/m1/s1. The van der Waals surface area contributed by atoms with Gasteiger partial charge in [0.05, 0.1) is 18.8 Å². The first-order chi connectivity index (χ1) is 12.1. The molecule has 0 bridgehead atoms. The van der Waals surface area contributed by atoms with Gasteiger partial charge in [-0.05, 0) is 62.8 Å². The van der Waals surface area contributed by atoms with Crippen molar-refractivity contribution in [3.63, 3.8) is 0 Å². The number of carbonyl (C=O) groups is 1. The van der Waals surface area contributed by atoms with E-state index in [0.717, 1.165) is 43.2 Å². The van der Waals surface area contributed by atoms with Gasteiger partial charge in [0.15, 0.2) is 0 Å². The van der Waals surface area contributed by atoms with Crippen molar-refractivity contribution in [1.82, 2.24) is 9.62 Å². The molecule has 1 N–H and O–H groups in total. The smallest absolute Gasteiger partial charge is 0.235 e. The summed E-state index contributed by atoms with van der Waals surface area (Å²) in [5.41, 5.74) is 4.62. The lowest BCUT2D eigenvalue weighted by atomic mass is 9.95. The van der Waals surface area contributed by atoms with Crippen molar-refractivity contribution in [3.8, 4) is 0 Å². The van der Waals surface area contributed by atoms with Crippen LogP contribution in [0.5, 0.6) is 0 Å². The second-order valence-electron chi connectivity index (χ2n) is 7.68. The zero-order chi connectivity index (χ0) is 19.5. The summed E-state index contributed by atoms with van der Waals surface area (Å²) < 4.78 is 25.8. The van der Waals surface area contributed by atoms with Crippen LogP contribution in [0.3, 0.4) is 0 Å². The molecule has 1 aliphatic rings. The molecular formula is C20H32N2O3S. The van der Waals surface area contributed by atoms with Crippen LogP contribution in [-0.4, -0.2) is 37.5 Å². The number of aryl methyl sites for hydroxylation is 3. The van der Waals surface area contributed by atoms with E-state index in [0.29, 0.717) is 0 Å². The second kappa shape index (κ2) is 8.53. The highest BCUT2D eigenvalue weighted by Gasteiger charge is 2.30. The summed E-state index contributed by atoms with van der Waals surface area (Å²) in [7, 11) is -3.41. The fraction of sp³-hybridized carbons (Fsp3) is 0.650. The minimum absolute atomic E-state index is 0.0526. The molecule has 146 valence electrons. The molecule has 1 atom stereocenters. The molecule has 0 spiro atoms. The van der Waals surface area contributed by atoms with Crippen molar-refractivity contribution in [2.75, 3.05) is 12.8 Å². The predicted molar refractivity (Wildman–Crippen MR) is 106 cm³/mol. The summed E-state index contributed by atoms with van der Waals surface area (Å²) in [6.45, 7) is 8.01. The number of nitrogens with one attached hydrogen (secondary N) is 1. The Morgan fingerprint density at radius 2 is 1.69 bits per heavy atom. The van der Waals surface area contributed by atoms with Gasteiger partial charge in [-0.25, -0.2) is 8.42 Å². The normalized spacial score (nSPS) is 17.3. The van der Waals surface area contributed by atoms with Gasteiger partial charge >= 0.3 is 0 Å². The Morgan fingerprint density at radius 1 is 1.12 bits per heavy atom. The van der Waals surface area contributed by atoms with Gasteiger partial charge in [-0.2, -0.15) is 4.31 Å². The molecule has 0 radical (unpaired) electrons. The van der Waals surface area contributed by atoms with E-state index >= 15 is 0 Å². The van der Waals surface area contributed by atoms with Crippen LogP contribution in [0.1, 0.15) is 67.3 Å². The first-order valence-corrected chi connectivity index (χ1v) is 11.3. The summed E-state index contributed by atoms with van der Waals surface area (Å²) in [6, 6.07) is 4.01. The van der Waals surface area contributed by atoms with Gasteiger partial charge in [0.2, 0.25) is 15.9 Å². The first-order valence-electron chi connectivity index (χ1n) is 9.43. The molecule has 1 saturated carbocycles. The van der Waals surface area contributed by atoms with Gasteiger partial charge < -0.3 is 5.32 Å². The average Bonchev–Trinajstić information content (AvgIpc) is 2.55. The zero-order valence-corrected chi connectivity index (χ0v) is 17.4. The number of hydrogen-bond acceptors (Lipinski definition) is 3. The monoisotopic (exact) mass is 380 g/mol. The summed E-state index contributed by atoms with van der Waals surface area (Å²) in [5.74, 6) is -0.244. The molecule has 0 unspecified atom stereocenters. The van der Waals surface area contributed by atoms with Gasteiger partial charge in [-0.1, -0.05) is 31.4 Å². The van der Waals surface area contributed by atoms with Crippen molar-refractivity contribution >= 4 is 15.9 Å². The van der Waals surface area contributed by atoms with Crippen LogP contribution in [0.4, 0.5) is 0 Å². The van der Waals surface area contributed by atoms with Crippen LogP contribution < -0.4 is 5.32 Å². The molecule has 1 fully saturated rings. The SMILES string of the molecule is Cc1cc(C)c([C@@H](C)NC(=O)CN(C2CCCCC2)S(C)(=O)=O)cc1C. The molecule has 1 aliphatic carbocycles. The Balaban J connectivity index is 2.09. The van der Waals surface area contributed by atoms with Gasteiger partial charge in [0.25, 0.3) is 0 Å². The van der Waals surface area contributed by atoms with E-state index in [1.165, 1.54) is 21.7 Å². The maximum Gasteiger partial charge on any atom is 0.235 e. The van der Waals surface area contributed by atoms with E-state index in [1.54, 1.807) is 0 Å². The molecule has 5 nitrogen and oxygen atoms in total. The fourth-order valence-electron chi connectivity index (χ4n) is 3.84. The highest BCUT2D eigenvalue weighted by molar-refractivity contribution is 7.88. The van der Waals surface area contributed by atoms with E-state index in [-0.39, 0.29) is 24.5 Å². The van der Waals surface area contributed by atoms with Crippen molar-refractivity contribution in [3.05, 3.63) is 34.4 Å². The summed E-state index contributed by atoms with van der Waals surface area (Å²) >= 11 is 0. The third-order valence-electron chi connectivity index (χ3n) is 5.43. The van der Waals surface area contributed by atoms with E-state index < -0.39 is 10.0 Å². The number of carbonyl (C=O) groups excluding carboxylic acids is 1. The van der Waals surface area contributed by atoms with E-state index in [1.807, 2.05) is 13.8 Å². The first kappa shape index (κ1) is 20.9. The van der Waals surface area contributed by atoms with Crippen LogP contribution in [0.15, 0.2) is 12.1 Å². The maximum absolute atomic E-state index is 12.6. The molecule has 26 heavy (non-hydrogen) atoms. The number of benzene rings is 1. The number of rotatable bonds is 6. The number of sulfonamides is 1. The molecule has 1 aromatic carbocycles. The van der Waals surface area contributed by atoms with Gasteiger partial charge in [0.1, 0.15) is 0 Å². The largest absolute Gasteiger partial charge is 0.348 e. The van der Waals surface area contributed by atoms with Crippen molar-refractivity contribution in [1.29, 1.82) is 0 Å². The second-order valence-corrected chi connectivity index (χ2v) is 9.62. The Kier molecular flexibility index (Phi) is 6.86. The highest BCUT2D eigenvalue weighted by Crippen LogP contribution is 2.25. The minimum atomic E-state index is -3.41. The Bertz CT molecular complexity index is 753. The topological polar surface area (TPSA) is 66.5 Å². The molecule has 6 heteroatoms. The molecule has 1 amide bonds. The Labute approximate surface area is 158 Å². The van der Waals surface area contributed by atoms with Crippen LogP contribution in [0, 0.1) is 20.8 Å². The molecule has 0 saturated heterocycles. The minimum Gasteiger partial charge on any atom is -0.348 e. The van der Waals surface area contributed by atoms with Crippen LogP contribution in [-0.2, 0) is 14.8 Å². The highest BCUT2D eigenvalue weighted by atomic mass is 32.2. The van der Waals surface area contributed by atoms with Crippen LogP contribution >= 0.6 is 0 Å². The Hall–Kier alpha value is -1.40. The van der Waals surface area contributed by atoms with Gasteiger partial charge in [0, 0.05) is 6.04 Å².